The van der Waals surface area contributed by atoms with Gasteiger partial charge in [0.2, 0.25) is 0 Å². The van der Waals surface area contributed by atoms with E-state index >= 15 is 0 Å². The number of Topliss-reactive ketones (excluding diaryl/α,β-unsaturated/α-hetero) is 1. The topological polar surface area (TPSA) is 125 Å². The molecular formula is C19H34N2O6. The highest BCUT2D eigenvalue weighted by Crippen LogP contribution is 2.54. The summed E-state index contributed by atoms with van der Waals surface area (Å²) in [5.41, 5.74) is -0.990. The van der Waals surface area contributed by atoms with Crippen LogP contribution in [0.5, 0.6) is 0 Å². The maximum Gasteiger partial charge on any atom is 0.150 e. The summed E-state index contributed by atoms with van der Waals surface area (Å²) in [5.74, 6) is 0.619. The van der Waals surface area contributed by atoms with Crippen molar-refractivity contribution in [2.45, 2.75) is 58.3 Å². The molecule has 8 heteroatoms. The Morgan fingerprint density at radius 2 is 1.30 bits per heavy atom. The quantitative estimate of drug-likeness (QED) is 0.349. The number of rotatable bonds is 7. The summed E-state index contributed by atoms with van der Waals surface area (Å²) in [4.78, 5) is 17.6. The van der Waals surface area contributed by atoms with Gasteiger partial charge in [-0.3, -0.25) is 14.6 Å². The predicted molar refractivity (Wildman–Crippen MR) is 97.6 cm³/mol. The number of ketones is 1. The molecule has 4 rings (SSSR count). The molecule has 4 aliphatic heterocycles. The third kappa shape index (κ3) is 2.88. The Balaban J connectivity index is 1.91. The molecule has 27 heavy (non-hydrogen) atoms. The molecule has 4 heterocycles. The fourth-order valence-corrected chi connectivity index (χ4v) is 5.45. The standard InChI is InChI=1S/C19H34N2O6/c1-10(2)18-6-20-8-19(11(3)4,17(18)27)9-21(7-18)16(20)15(26)14(25)13(24)12(23)5-22/h10-16,22-26H,5-9H2,1-4H3/t12-,13-,14+,15-,16?,18?,19?/m1/s1. The molecule has 0 unspecified atom stereocenters. The lowest BCUT2D eigenvalue weighted by Gasteiger charge is -2.69. The molecule has 0 aliphatic carbocycles. The van der Waals surface area contributed by atoms with Gasteiger partial charge in [-0.05, 0) is 11.8 Å². The van der Waals surface area contributed by atoms with Crippen molar-refractivity contribution >= 4 is 5.78 Å². The molecule has 4 atom stereocenters. The van der Waals surface area contributed by atoms with Gasteiger partial charge in [0.1, 0.15) is 24.4 Å². The molecule has 156 valence electrons. The van der Waals surface area contributed by atoms with Crippen molar-refractivity contribution in [2.75, 3.05) is 32.8 Å². The number of carbonyl (C=O) groups is 1. The van der Waals surface area contributed by atoms with Crippen LogP contribution in [0.1, 0.15) is 27.7 Å². The third-order valence-electron chi connectivity index (χ3n) is 7.39. The lowest BCUT2D eigenvalue weighted by Crippen LogP contribution is -2.83. The molecule has 4 saturated heterocycles. The summed E-state index contributed by atoms with van der Waals surface area (Å²) in [5, 5.41) is 49.8. The molecule has 4 bridgehead atoms. The van der Waals surface area contributed by atoms with E-state index in [9.17, 15) is 25.2 Å². The van der Waals surface area contributed by atoms with E-state index in [-0.39, 0.29) is 11.8 Å². The van der Waals surface area contributed by atoms with Crippen LogP contribution in [0, 0.1) is 22.7 Å². The monoisotopic (exact) mass is 386 g/mol. The minimum absolute atomic E-state index is 0.151. The fourth-order valence-electron chi connectivity index (χ4n) is 5.45. The van der Waals surface area contributed by atoms with Gasteiger partial charge in [0, 0.05) is 26.2 Å². The zero-order valence-corrected chi connectivity index (χ0v) is 16.6. The van der Waals surface area contributed by atoms with Crippen LogP contribution >= 0.6 is 0 Å². The number of nitrogens with zero attached hydrogens (tertiary/aromatic N) is 2. The molecule has 0 aromatic heterocycles. The van der Waals surface area contributed by atoms with Crippen molar-refractivity contribution < 1.29 is 30.3 Å². The normalized spacial score (nSPS) is 42.6. The van der Waals surface area contributed by atoms with Crippen LogP contribution < -0.4 is 0 Å². The number of hydrogen-bond donors (Lipinski definition) is 5. The average Bonchev–Trinajstić information content (AvgIpc) is 2.62. The SMILES string of the molecule is CC(C)C12CN3CC(C(C)C)(CN(C1)C3[C@H](O)[C@@H](O)[C@H](O)[C@H](O)CO)C2=O. The van der Waals surface area contributed by atoms with Gasteiger partial charge in [0.15, 0.2) is 5.78 Å². The highest BCUT2D eigenvalue weighted by molar-refractivity contribution is 5.94. The minimum Gasteiger partial charge on any atom is -0.394 e. The van der Waals surface area contributed by atoms with E-state index in [1.165, 1.54) is 0 Å². The lowest BCUT2D eigenvalue weighted by atomic mass is 9.53. The van der Waals surface area contributed by atoms with Crippen LogP contribution in [-0.2, 0) is 4.79 Å². The van der Waals surface area contributed by atoms with Gasteiger partial charge in [-0.25, -0.2) is 0 Å². The van der Waals surface area contributed by atoms with Crippen molar-refractivity contribution in [3.8, 4) is 0 Å². The molecule has 0 radical (unpaired) electrons. The maximum atomic E-state index is 13.5. The van der Waals surface area contributed by atoms with Gasteiger partial charge < -0.3 is 25.5 Å². The van der Waals surface area contributed by atoms with Crippen molar-refractivity contribution in [1.29, 1.82) is 0 Å². The van der Waals surface area contributed by atoms with Crippen LogP contribution in [0.2, 0.25) is 0 Å². The van der Waals surface area contributed by atoms with Gasteiger partial charge in [0.05, 0.1) is 23.6 Å². The van der Waals surface area contributed by atoms with Crippen molar-refractivity contribution in [2.24, 2.45) is 22.7 Å². The lowest BCUT2D eigenvalue weighted by molar-refractivity contribution is -0.244. The predicted octanol–water partition coefficient (Wildman–Crippen LogP) is -1.75. The Bertz CT molecular complexity index is 537. The number of hydrogen-bond acceptors (Lipinski definition) is 8. The van der Waals surface area contributed by atoms with Gasteiger partial charge in [-0.1, -0.05) is 27.7 Å². The summed E-state index contributed by atoms with van der Waals surface area (Å²) < 4.78 is 0. The smallest absolute Gasteiger partial charge is 0.150 e. The largest absolute Gasteiger partial charge is 0.394 e. The highest BCUT2D eigenvalue weighted by atomic mass is 16.4. The first-order valence-electron chi connectivity index (χ1n) is 9.88. The fraction of sp³-hybridized carbons (Fsp3) is 0.947. The van der Waals surface area contributed by atoms with Gasteiger partial charge >= 0.3 is 0 Å². The first kappa shape index (κ1) is 21.1. The summed E-state index contributed by atoms with van der Waals surface area (Å²) >= 11 is 0. The van der Waals surface area contributed by atoms with Crippen LogP contribution in [0.25, 0.3) is 0 Å². The minimum atomic E-state index is -1.65. The molecule has 4 aliphatic rings. The molecule has 5 N–H and O–H groups in total. The van der Waals surface area contributed by atoms with Crippen LogP contribution in [0.4, 0.5) is 0 Å². The number of aliphatic hydroxyl groups excluding tert-OH is 5. The van der Waals surface area contributed by atoms with Crippen LogP contribution in [0.15, 0.2) is 0 Å². The molecule has 8 nitrogen and oxygen atoms in total. The van der Waals surface area contributed by atoms with E-state index in [2.05, 4.69) is 37.5 Å². The van der Waals surface area contributed by atoms with Gasteiger partial charge in [-0.2, -0.15) is 0 Å². The van der Waals surface area contributed by atoms with Crippen molar-refractivity contribution in [1.82, 2.24) is 9.80 Å². The van der Waals surface area contributed by atoms with E-state index in [0.717, 1.165) is 0 Å². The van der Waals surface area contributed by atoms with E-state index < -0.39 is 48.0 Å². The molecule has 0 aromatic carbocycles. The Morgan fingerprint density at radius 1 is 0.889 bits per heavy atom. The highest BCUT2D eigenvalue weighted by Gasteiger charge is 2.68. The number of carbonyl (C=O) groups excluding carboxylic acids is 1. The summed E-state index contributed by atoms with van der Waals surface area (Å²) in [7, 11) is 0. The number of piperidine rings is 2. The zero-order chi connectivity index (χ0) is 20.3. The molecular weight excluding hydrogens is 352 g/mol. The zero-order valence-electron chi connectivity index (χ0n) is 16.6. The molecule has 0 amide bonds. The third-order valence-corrected chi connectivity index (χ3v) is 7.39. The van der Waals surface area contributed by atoms with E-state index in [1.807, 2.05) is 0 Å². The second-order valence-corrected chi connectivity index (χ2v) is 9.40. The van der Waals surface area contributed by atoms with Gasteiger partial charge in [-0.15, -0.1) is 0 Å². The second-order valence-electron chi connectivity index (χ2n) is 9.40. The van der Waals surface area contributed by atoms with Gasteiger partial charge in [0.25, 0.3) is 0 Å². The Labute approximate surface area is 160 Å². The molecule has 0 aromatic rings. The number of aliphatic hydroxyl groups is 5. The summed E-state index contributed by atoms with van der Waals surface area (Å²) in [6.07, 6.45) is -6.64. The first-order chi connectivity index (χ1) is 12.5. The van der Waals surface area contributed by atoms with Crippen molar-refractivity contribution in [3.05, 3.63) is 0 Å². The molecule has 4 fully saturated rings. The van der Waals surface area contributed by atoms with Crippen LogP contribution in [0.3, 0.4) is 0 Å². The van der Waals surface area contributed by atoms with E-state index in [0.29, 0.717) is 32.0 Å². The van der Waals surface area contributed by atoms with Crippen molar-refractivity contribution in [3.63, 3.8) is 0 Å². The summed E-state index contributed by atoms with van der Waals surface area (Å²) in [6, 6.07) is 0. The average molecular weight is 386 g/mol. The van der Waals surface area contributed by atoms with Crippen LogP contribution in [-0.4, -0.2) is 104 Å². The van der Waals surface area contributed by atoms with E-state index in [1.54, 1.807) is 0 Å². The maximum absolute atomic E-state index is 13.5. The summed E-state index contributed by atoms with van der Waals surface area (Å²) in [6.45, 7) is 9.59. The Kier molecular flexibility index (Phi) is 5.49. The Hall–Kier alpha value is -0.610. The molecule has 0 saturated carbocycles. The Morgan fingerprint density at radius 3 is 1.63 bits per heavy atom. The molecule has 0 spiro atoms. The first-order valence-corrected chi connectivity index (χ1v) is 9.88. The van der Waals surface area contributed by atoms with E-state index in [4.69, 9.17) is 5.11 Å². The second kappa shape index (κ2) is 7.02.